The van der Waals surface area contributed by atoms with Gasteiger partial charge in [0.1, 0.15) is 12.4 Å². The molecule has 3 rings (SSSR count). The van der Waals surface area contributed by atoms with E-state index >= 15 is 0 Å². The Labute approximate surface area is 159 Å². The highest BCUT2D eigenvalue weighted by molar-refractivity contribution is 6.30. The van der Waals surface area contributed by atoms with Crippen molar-refractivity contribution in [2.24, 2.45) is 0 Å². The fourth-order valence-electron chi connectivity index (χ4n) is 2.60. The van der Waals surface area contributed by atoms with Gasteiger partial charge in [-0.05, 0) is 34.9 Å². The first-order valence-corrected chi connectivity index (χ1v) is 8.39. The molecule has 0 amide bonds. The van der Waals surface area contributed by atoms with Gasteiger partial charge < -0.3 is 14.4 Å². The first-order chi connectivity index (χ1) is 12.9. The zero-order valence-corrected chi connectivity index (χ0v) is 14.8. The molecule has 0 unspecified atom stereocenters. The molecule has 0 aliphatic carbocycles. The maximum Gasteiger partial charge on any atom is 0.506 e. The van der Waals surface area contributed by atoms with Crippen LogP contribution in [0.2, 0.25) is 5.02 Å². The summed E-state index contributed by atoms with van der Waals surface area (Å²) in [6, 6.07) is 14.5. The number of pyridine rings is 1. The minimum atomic E-state index is -1.33. The van der Waals surface area contributed by atoms with Crippen LogP contribution in [0.4, 0.5) is 9.18 Å². The van der Waals surface area contributed by atoms with Gasteiger partial charge >= 0.3 is 6.16 Å². The molecule has 3 aromatic rings. The zero-order chi connectivity index (χ0) is 19.4. The Kier molecular flexibility index (Phi) is 5.57. The molecule has 0 aliphatic heterocycles. The van der Waals surface area contributed by atoms with Crippen molar-refractivity contribution in [2.75, 3.05) is 0 Å². The third kappa shape index (κ3) is 4.74. The summed E-state index contributed by atoms with van der Waals surface area (Å²) in [7, 11) is 0. The molecule has 1 N–H and O–H groups in total. The van der Waals surface area contributed by atoms with Gasteiger partial charge in [-0.25, -0.2) is 9.18 Å². The van der Waals surface area contributed by atoms with E-state index in [4.69, 9.17) is 16.7 Å². The van der Waals surface area contributed by atoms with Crippen LogP contribution in [0.25, 0.3) is 11.1 Å². The highest BCUT2D eigenvalue weighted by atomic mass is 35.5. The molecule has 0 radical (unpaired) electrons. The van der Waals surface area contributed by atoms with E-state index in [0.717, 1.165) is 11.1 Å². The van der Waals surface area contributed by atoms with Crippen molar-refractivity contribution in [1.82, 2.24) is 4.57 Å². The molecule has 1 heterocycles. The van der Waals surface area contributed by atoms with E-state index in [1.807, 2.05) is 0 Å². The fraction of sp³-hybridized carbons (Fsp3) is 0.100. The third-order valence-electron chi connectivity index (χ3n) is 3.99. The van der Waals surface area contributed by atoms with E-state index in [-0.39, 0.29) is 18.7 Å². The number of hydrogen-bond acceptors (Lipinski definition) is 3. The predicted molar refractivity (Wildman–Crippen MR) is 99.5 cm³/mol. The second-order valence-corrected chi connectivity index (χ2v) is 6.31. The zero-order valence-electron chi connectivity index (χ0n) is 14.1. The van der Waals surface area contributed by atoms with Crippen LogP contribution in [-0.4, -0.2) is 15.8 Å². The molecular formula is C20H15ClFNO4. The maximum atomic E-state index is 14.0. The average Bonchev–Trinajstić information content (AvgIpc) is 2.64. The van der Waals surface area contributed by atoms with E-state index < -0.39 is 12.0 Å². The summed E-state index contributed by atoms with van der Waals surface area (Å²) in [6.45, 7) is 0.0468. The maximum absolute atomic E-state index is 14.0. The second kappa shape index (κ2) is 8.05. The van der Waals surface area contributed by atoms with Crippen molar-refractivity contribution in [3.05, 3.63) is 93.1 Å². The van der Waals surface area contributed by atoms with E-state index in [1.54, 1.807) is 48.7 Å². The molecule has 5 nitrogen and oxygen atoms in total. The molecule has 0 saturated carbocycles. The molecule has 27 heavy (non-hydrogen) atoms. The van der Waals surface area contributed by atoms with Gasteiger partial charge in [0, 0.05) is 22.8 Å². The van der Waals surface area contributed by atoms with E-state index in [1.165, 1.54) is 16.7 Å². The Hall–Kier alpha value is -3.12. The number of hydrogen-bond donors (Lipinski definition) is 1. The predicted octanol–water partition coefficient (Wildman–Crippen LogP) is 4.55. The van der Waals surface area contributed by atoms with E-state index in [9.17, 15) is 14.0 Å². The Bertz CT molecular complexity index is 1030. The van der Waals surface area contributed by atoms with Crippen molar-refractivity contribution in [3.63, 3.8) is 0 Å². The molecule has 0 saturated heterocycles. The molecular weight excluding hydrogens is 373 g/mol. The summed E-state index contributed by atoms with van der Waals surface area (Å²) >= 11 is 5.76. The Balaban J connectivity index is 1.84. The van der Waals surface area contributed by atoms with Gasteiger partial charge in [0.25, 0.3) is 5.56 Å². The molecule has 0 atom stereocenters. The number of carbonyl (C=O) groups is 1. The number of rotatable bonds is 5. The summed E-state index contributed by atoms with van der Waals surface area (Å²) in [5.74, 6) is -0.470. The molecule has 7 heteroatoms. The first kappa shape index (κ1) is 18.7. The van der Waals surface area contributed by atoms with Gasteiger partial charge in [-0.1, -0.05) is 41.9 Å². The Morgan fingerprint density at radius 2 is 1.78 bits per heavy atom. The summed E-state index contributed by atoms with van der Waals surface area (Å²) in [6.07, 6.45) is 0.319. The quantitative estimate of drug-likeness (QED) is 0.652. The summed E-state index contributed by atoms with van der Waals surface area (Å²) in [5, 5.41) is 8.83. The molecule has 0 fully saturated rings. The fourth-order valence-corrected chi connectivity index (χ4v) is 2.76. The van der Waals surface area contributed by atoms with Gasteiger partial charge in [0.05, 0.1) is 6.54 Å². The van der Waals surface area contributed by atoms with E-state index in [0.29, 0.717) is 16.1 Å². The van der Waals surface area contributed by atoms with Crippen LogP contribution in [-0.2, 0) is 17.9 Å². The molecule has 2 aromatic carbocycles. The SMILES string of the molecule is O=C(O)OCc1ccc(-c2ccc(=O)n(Cc3ccc(Cl)cc3F)c2)cc1. The normalized spacial score (nSPS) is 10.6. The number of aromatic nitrogens is 1. The Morgan fingerprint density at radius 3 is 2.44 bits per heavy atom. The highest BCUT2D eigenvalue weighted by Gasteiger charge is 2.07. The minimum Gasteiger partial charge on any atom is -0.450 e. The van der Waals surface area contributed by atoms with Gasteiger partial charge in [-0.3, -0.25) is 4.79 Å². The lowest BCUT2D eigenvalue weighted by Gasteiger charge is -2.10. The lowest BCUT2D eigenvalue weighted by molar-refractivity contribution is 0.0854. The van der Waals surface area contributed by atoms with Crippen molar-refractivity contribution in [1.29, 1.82) is 0 Å². The lowest BCUT2D eigenvalue weighted by atomic mass is 10.1. The number of carboxylic acid groups (broad SMARTS) is 1. The van der Waals surface area contributed by atoms with Crippen LogP contribution < -0.4 is 5.56 Å². The van der Waals surface area contributed by atoms with Crippen LogP contribution in [0.1, 0.15) is 11.1 Å². The molecule has 1 aromatic heterocycles. The smallest absolute Gasteiger partial charge is 0.450 e. The molecule has 0 spiro atoms. The van der Waals surface area contributed by atoms with Gasteiger partial charge in [-0.2, -0.15) is 0 Å². The van der Waals surface area contributed by atoms with Crippen molar-refractivity contribution >= 4 is 17.8 Å². The summed E-state index contributed by atoms with van der Waals surface area (Å²) < 4.78 is 20.0. The number of halogens is 2. The highest BCUT2D eigenvalue weighted by Crippen LogP contribution is 2.20. The van der Waals surface area contributed by atoms with Crippen molar-refractivity contribution in [3.8, 4) is 11.1 Å². The topological polar surface area (TPSA) is 68.5 Å². The Morgan fingerprint density at radius 1 is 1.07 bits per heavy atom. The van der Waals surface area contributed by atoms with Crippen LogP contribution in [0.15, 0.2) is 65.6 Å². The second-order valence-electron chi connectivity index (χ2n) is 5.87. The largest absolute Gasteiger partial charge is 0.506 e. The molecule has 0 aliphatic rings. The summed E-state index contributed by atoms with van der Waals surface area (Å²) in [4.78, 5) is 22.6. The van der Waals surface area contributed by atoms with Gasteiger partial charge in [0.2, 0.25) is 0 Å². The van der Waals surface area contributed by atoms with Crippen LogP contribution in [0.5, 0.6) is 0 Å². The number of ether oxygens (including phenoxy) is 1. The molecule has 0 bridgehead atoms. The van der Waals surface area contributed by atoms with Crippen LogP contribution >= 0.6 is 11.6 Å². The standard InChI is InChI=1S/C20H15ClFNO4/c21-17-7-5-16(18(22)9-17)11-23-10-15(6-8-19(23)24)14-3-1-13(2-4-14)12-27-20(25)26/h1-10H,11-12H2,(H,25,26). The minimum absolute atomic E-state index is 0.0368. The molecule has 138 valence electrons. The average molecular weight is 388 g/mol. The van der Waals surface area contributed by atoms with E-state index in [2.05, 4.69) is 4.74 Å². The van der Waals surface area contributed by atoms with Crippen molar-refractivity contribution < 1.29 is 19.0 Å². The monoisotopic (exact) mass is 387 g/mol. The third-order valence-corrected chi connectivity index (χ3v) is 4.22. The van der Waals surface area contributed by atoms with Crippen molar-refractivity contribution in [2.45, 2.75) is 13.2 Å². The van der Waals surface area contributed by atoms with Gasteiger partial charge in [0.15, 0.2) is 0 Å². The number of benzene rings is 2. The van der Waals surface area contributed by atoms with Gasteiger partial charge in [-0.15, -0.1) is 0 Å². The lowest BCUT2D eigenvalue weighted by Crippen LogP contribution is -2.19. The van der Waals surface area contributed by atoms with Crippen LogP contribution in [0, 0.1) is 5.82 Å². The summed E-state index contributed by atoms with van der Waals surface area (Å²) in [5.41, 5.74) is 2.42. The number of nitrogens with zero attached hydrogens (tertiary/aromatic N) is 1. The first-order valence-electron chi connectivity index (χ1n) is 8.02. The van der Waals surface area contributed by atoms with Crippen LogP contribution in [0.3, 0.4) is 0 Å².